The fourth-order valence-corrected chi connectivity index (χ4v) is 3.81. The number of carbonyl (C=O) groups is 3. The van der Waals surface area contributed by atoms with Crippen molar-refractivity contribution < 1.29 is 19.3 Å². The molecule has 0 saturated carbocycles. The van der Waals surface area contributed by atoms with Crippen LogP contribution in [0.2, 0.25) is 5.02 Å². The van der Waals surface area contributed by atoms with Crippen LogP contribution < -0.4 is 5.32 Å². The van der Waals surface area contributed by atoms with Crippen molar-refractivity contribution in [3.05, 3.63) is 79.2 Å². The van der Waals surface area contributed by atoms with Gasteiger partial charge in [0.25, 0.3) is 22.7 Å². The number of amides is 3. The summed E-state index contributed by atoms with van der Waals surface area (Å²) in [6.07, 6.45) is 1.65. The van der Waals surface area contributed by atoms with E-state index < -0.39 is 22.0 Å². The molecule has 1 aliphatic rings. The van der Waals surface area contributed by atoms with Gasteiger partial charge in [0.15, 0.2) is 0 Å². The number of hydrogen-bond acceptors (Lipinski definition) is 6. The Kier molecular flexibility index (Phi) is 6.53. The maximum Gasteiger partial charge on any atom is 0.293 e. The van der Waals surface area contributed by atoms with Gasteiger partial charge in [0.2, 0.25) is 0 Å². The van der Waals surface area contributed by atoms with Crippen LogP contribution in [-0.2, 0) is 4.79 Å². The summed E-state index contributed by atoms with van der Waals surface area (Å²) in [6, 6.07) is 11.1. The first-order valence-corrected chi connectivity index (χ1v) is 10.00. The Bertz CT molecular complexity index is 1070. The molecule has 0 aromatic heterocycles. The van der Waals surface area contributed by atoms with Crippen molar-refractivity contribution >= 4 is 52.2 Å². The summed E-state index contributed by atoms with van der Waals surface area (Å²) in [5, 5.41) is 12.8. The number of rotatable bonds is 6. The minimum Gasteiger partial charge on any atom is -0.350 e. The molecule has 3 rings (SSSR count). The average molecular weight is 446 g/mol. The van der Waals surface area contributed by atoms with Gasteiger partial charge < -0.3 is 5.32 Å². The largest absolute Gasteiger partial charge is 0.350 e. The van der Waals surface area contributed by atoms with Crippen molar-refractivity contribution in [3.8, 4) is 0 Å². The van der Waals surface area contributed by atoms with Crippen LogP contribution in [0.25, 0.3) is 6.08 Å². The topological polar surface area (TPSA) is 110 Å². The molecule has 0 radical (unpaired) electrons. The van der Waals surface area contributed by atoms with Gasteiger partial charge in [0, 0.05) is 25.2 Å². The minimum atomic E-state index is -0.614. The third-order valence-electron chi connectivity index (χ3n) is 4.28. The highest BCUT2D eigenvalue weighted by atomic mass is 35.5. The molecule has 10 heteroatoms. The highest BCUT2D eigenvalue weighted by Gasteiger charge is 2.34. The standard InChI is InChI=1S/C20H16ClN3O5S/c1-12-2-4-13(5-3-12)10-17-19(26)23(20(27)30-17)9-8-22-18(25)15-7-6-14(24(28)29)11-16(15)21/h2-7,10-11H,8-9H2,1H3,(H,22,25). The van der Waals surface area contributed by atoms with Crippen LogP contribution in [0.5, 0.6) is 0 Å². The van der Waals surface area contributed by atoms with E-state index in [-0.39, 0.29) is 29.4 Å². The molecule has 1 saturated heterocycles. The second kappa shape index (κ2) is 9.10. The Morgan fingerprint density at radius 3 is 2.57 bits per heavy atom. The molecule has 0 bridgehead atoms. The number of thioether (sulfide) groups is 1. The van der Waals surface area contributed by atoms with Gasteiger partial charge in [-0.25, -0.2) is 0 Å². The quantitative estimate of drug-likeness (QED) is 0.408. The first-order chi connectivity index (χ1) is 14.3. The summed E-state index contributed by atoms with van der Waals surface area (Å²) in [7, 11) is 0. The van der Waals surface area contributed by atoms with Gasteiger partial charge >= 0.3 is 0 Å². The Labute approximate surface area is 181 Å². The molecule has 1 N–H and O–H groups in total. The maximum atomic E-state index is 12.5. The summed E-state index contributed by atoms with van der Waals surface area (Å²) < 4.78 is 0. The number of imide groups is 1. The maximum absolute atomic E-state index is 12.5. The fraction of sp³-hybridized carbons (Fsp3) is 0.150. The van der Waals surface area contributed by atoms with Crippen LogP contribution in [0.1, 0.15) is 21.5 Å². The summed E-state index contributed by atoms with van der Waals surface area (Å²) >= 11 is 6.78. The number of nitrogens with zero attached hydrogens (tertiary/aromatic N) is 2. The molecular weight excluding hydrogens is 430 g/mol. The number of carbonyl (C=O) groups excluding carboxylic acids is 3. The van der Waals surface area contributed by atoms with Crippen LogP contribution in [-0.4, -0.2) is 40.0 Å². The minimum absolute atomic E-state index is 0.00769. The predicted octanol–water partition coefficient (Wildman–Crippen LogP) is 4.02. The van der Waals surface area contributed by atoms with Crippen LogP contribution >= 0.6 is 23.4 Å². The zero-order valence-electron chi connectivity index (χ0n) is 15.8. The molecular formula is C20H16ClN3O5S. The Morgan fingerprint density at radius 1 is 1.23 bits per heavy atom. The predicted molar refractivity (Wildman–Crippen MR) is 114 cm³/mol. The lowest BCUT2D eigenvalue weighted by Gasteiger charge is -2.13. The van der Waals surface area contributed by atoms with Gasteiger partial charge in [-0.1, -0.05) is 41.4 Å². The van der Waals surface area contributed by atoms with E-state index in [2.05, 4.69) is 5.32 Å². The third kappa shape index (κ3) is 4.87. The van der Waals surface area contributed by atoms with E-state index in [4.69, 9.17) is 11.6 Å². The van der Waals surface area contributed by atoms with Crippen molar-refractivity contribution in [2.75, 3.05) is 13.1 Å². The van der Waals surface area contributed by atoms with E-state index in [0.29, 0.717) is 4.91 Å². The van der Waals surface area contributed by atoms with Crippen LogP contribution in [0.15, 0.2) is 47.4 Å². The van der Waals surface area contributed by atoms with Gasteiger partial charge in [-0.15, -0.1) is 0 Å². The Hall–Kier alpha value is -3.17. The van der Waals surface area contributed by atoms with Gasteiger partial charge in [-0.05, 0) is 36.4 Å². The molecule has 0 atom stereocenters. The van der Waals surface area contributed by atoms with Crippen molar-refractivity contribution in [1.29, 1.82) is 0 Å². The van der Waals surface area contributed by atoms with E-state index in [1.807, 2.05) is 31.2 Å². The molecule has 154 valence electrons. The molecule has 1 fully saturated rings. The lowest BCUT2D eigenvalue weighted by molar-refractivity contribution is -0.384. The number of aryl methyl sites for hydroxylation is 1. The molecule has 30 heavy (non-hydrogen) atoms. The average Bonchev–Trinajstić information content (AvgIpc) is 2.96. The summed E-state index contributed by atoms with van der Waals surface area (Å²) in [5.41, 5.74) is 1.74. The second-order valence-electron chi connectivity index (χ2n) is 6.42. The molecule has 0 spiro atoms. The molecule has 0 unspecified atom stereocenters. The van der Waals surface area contributed by atoms with Crippen molar-refractivity contribution in [2.45, 2.75) is 6.92 Å². The van der Waals surface area contributed by atoms with E-state index in [0.717, 1.165) is 33.9 Å². The first-order valence-electron chi connectivity index (χ1n) is 8.80. The first kappa shape index (κ1) is 21.5. The monoisotopic (exact) mass is 445 g/mol. The van der Waals surface area contributed by atoms with Crippen molar-refractivity contribution in [3.63, 3.8) is 0 Å². The Morgan fingerprint density at radius 2 is 1.93 bits per heavy atom. The highest BCUT2D eigenvalue weighted by Crippen LogP contribution is 2.32. The third-order valence-corrected chi connectivity index (χ3v) is 5.50. The second-order valence-corrected chi connectivity index (χ2v) is 7.82. The van der Waals surface area contributed by atoms with Crippen molar-refractivity contribution in [1.82, 2.24) is 10.2 Å². The molecule has 3 amide bonds. The van der Waals surface area contributed by atoms with E-state index in [1.165, 1.54) is 12.1 Å². The molecule has 8 nitrogen and oxygen atoms in total. The Balaban J connectivity index is 1.60. The summed E-state index contributed by atoms with van der Waals surface area (Å²) in [6.45, 7) is 1.96. The molecule has 1 heterocycles. The number of halogens is 1. The number of hydrogen-bond donors (Lipinski definition) is 1. The van der Waals surface area contributed by atoms with Crippen LogP contribution in [0, 0.1) is 17.0 Å². The van der Waals surface area contributed by atoms with E-state index in [9.17, 15) is 24.5 Å². The highest BCUT2D eigenvalue weighted by molar-refractivity contribution is 8.18. The number of benzene rings is 2. The number of nitrogens with one attached hydrogen (secondary N) is 1. The SMILES string of the molecule is Cc1ccc(C=C2SC(=O)N(CCNC(=O)c3ccc([N+](=O)[O-])cc3Cl)C2=O)cc1. The van der Waals surface area contributed by atoms with Crippen molar-refractivity contribution in [2.24, 2.45) is 0 Å². The summed E-state index contributed by atoms with van der Waals surface area (Å²) in [4.78, 5) is 48.4. The van der Waals surface area contributed by atoms with E-state index >= 15 is 0 Å². The zero-order chi connectivity index (χ0) is 21.8. The number of non-ortho nitro benzene ring substituents is 1. The molecule has 2 aromatic carbocycles. The number of nitro benzene ring substituents is 1. The van der Waals surface area contributed by atoms with Gasteiger partial charge in [0.05, 0.1) is 20.4 Å². The normalized spacial score (nSPS) is 15.0. The fourth-order valence-electron chi connectivity index (χ4n) is 2.69. The van der Waals surface area contributed by atoms with Gasteiger partial charge in [-0.3, -0.25) is 29.4 Å². The van der Waals surface area contributed by atoms with Gasteiger partial charge in [-0.2, -0.15) is 0 Å². The number of nitro groups is 1. The lowest BCUT2D eigenvalue weighted by Crippen LogP contribution is -2.37. The molecule has 0 aliphatic carbocycles. The smallest absolute Gasteiger partial charge is 0.293 e. The van der Waals surface area contributed by atoms with Crippen LogP contribution in [0.3, 0.4) is 0 Å². The zero-order valence-corrected chi connectivity index (χ0v) is 17.3. The van der Waals surface area contributed by atoms with E-state index in [1.54, 1.807) is 6.08 Å². The molecule has 2 aromatic rings. The summed E-state index contributed by atoms with van der Waals surface area (Å²) in [5.74, 6) is -0.981. The molecule has 1 aliphatic heterocycles. The lowest BCUT2D eigenvalue weighted by atomic mass is 10.1. The van der Waals surface area contributed by atoms with Crippen LogP contribution in [0.4, 0.5) is 10.5 Å². The van der Waals surface area contributed by atoms with Gasteiger partial charge in [0.1, 0.15) is 0 Å².